The quantitative estimate of drug-likeness (QED) is 0.160. The van der Waals surface area contributed by atoms with Crippen LogP contribution in [0.3, 0.4) is 0 Å². The van der Waals surface area contributed by atoms with Gasteiger partial charge in [-0.3, -0.25) is 9.59 Å². The van der Waals surface area contributed by atoms with Gasteiger partial charge >= 0.3 is 5.97 Å². The summed E-state index contributed by atoms with van der Waals surface area (Å²) in [5, 5.41) is 7.74. The predicted octanol–water partition coefficient (Wildman–Crippen LogP) is 7.13. The first-order chi connectivity index (χ1) is 18.4. The van der Waals surface area contributed by atoms with Gasteiger partial charge in [-0.1, -0.05) is 61.5 Å². The normalized spacial score (nSPS) is 11.8. The maximum absolute atomic E-state index is 12.5. The minimum Gasteiger partial charge on any atom is -0.466 e. The van der Waals surface area contributed by atoms with E-state index in [-0.39, 0.29) is 24.2 Å². The number of benzene rings is 3. The second-order valence-electron chi connectivity index (χ2n) is 9.44. The molecule has 0 aliphatic carbocycles. The molecule has 196 valence electrons. The molecule has 7 nitrogen and oxygen atoms in total. The number of esters is 1. The van der Waals surface area contributed by atoms with Gasteiger partial charge in [0.05, 0.1) is 12.6 Å². The number of ketones is 1. The Morgan fingerprint density at radius 2 is 1.61 bits per heavy atom. The Balaban J connectivity index is 1.38. The zero-order valence-electron chi connectivity index (χ0n) is 22.0. The lowest BCUT2D eigenvalue weighted by Crippen LogP contribution is -2.16. The van der Waals surface area contributed by atoms with Crippen LogP contribution in [-0.2, 0) is 9.53 Å². The summed E-state index contributed by atoms with van der Waals surface area (Å²) in [4.78, 5) is 28.5. The molecule has 0 spiro atoms. The van der Waals surface area contributed by atoms with Crippen LogP contribution < -0.4 is 5.32 Å². The summed E-state index contributed by atoms with van der Waals surface area (Å²) in [5.74, 6) is 1.12. The van der Waals surface area contributed by atoms with Crippen LogP contribution >= 0.6 is 0 Å². The largest absolute Gasteiger partial charge is 0.466 e. The topological polar surface area (TPSA) is 94.3 Å². The molecule has 1 heterocycles. The highest BCUT2D eigenvalue weighted by Crippen LogP contribution is 2.29. The summed E-state index contributed by atoms with van der Waals surface area (Å²) < 4.78 is 10.4. The monoisotopic (exact) mass is 511 g/mol. The summed E-state index contributed by atoms with van der Waals surface area (Å²) in [5.41, 5.74) is 4.47. The molecular formula is C31H33N3O4. The number of Topliss-reactive ketones (excluding diaryl/α,β-unsaturated/α-hetero) is 1. The van der Waals surface area contributed by atoms with Crippen LogP contribution in [0.4, 0.5) is 5.69 Å². The Kier molecular flexibility index (Phi) is 9.03. The van der Waals surface area contributed by atoms with Crippen LogP contribution in [0.15, 0.2) is 83.4 Å². The van der Waals surface area contributed by atoms with E-state index >= 15 is 0 Å². The maximum atomic E-state index is 12.5. The zero-order chi connectivity index (χ0) is 26.9. The second kappa shape index (κ2) is 12.8. The first-order valence-electron chi connectivity index (χ1n) is 13.0. The third-order valence-electron chi connectivity index (χ3n) is 6.26. The molecule has 1 atom stereocenters. The van der Waals surface area contributed by atoms with Gasteiger partial charge in [-0.15, -0.1) is 0 Å². The molecular weight excluding hydrogens is 478 g/mol. The molecule has 3 aromatic carbocycles. The van der Waals surface area contributed by atoms with Crippen LogP contribution in [0.25, 0.3) is 22.8 Å². The lowest BCUT2D eigenvalue weighted by molar-refractivity contribution is -0.143. The van der Waals surface area contributed by atoms with Crippen molar-refractivity contribution in [3.05, 3.63) is 90.0 Å². The minimum absolute atomic E-state index is 0.0220. The molecule has 0 radical (unpaired) electrons. The van der Waals surface area contributed by atoms with Crippen molar-refractivity contribution in [2.45, 2.75) is 46.1 Å². The summed E-state index contributed by atoms with van der Waals surface area (Å²) in [7, 11) is 0. The number of carbonyl (C=O) groups excluding carboxylic acids is 2. The first-order valence-corrected chi connectivity index (χ1v) is 13.0. The van der Waals surface area contributed by atoms with Crippen molar-refractivity contribution in [2.75, 3.05) is 11.9 Å². The van der Waals surface area contributed by atoms with Gasteiger partial charge in [-0.25, -0.2) is 0 Å². The van der Waals surface area contributed by atoms with E-state index in [0.717, 1.165) is 22.4 Å². The van der Waals surface area contributed by atoms with E-state index < -0.39 is 0 Å². The molecule has 0 amide bonds. The number of rotatable bonds is 12. The van der Waals surface area contributed by atoms with Crippen LogP contribution in [0.1, 0.15) is 62.0 Å². The van der Waals surface area contributed by atoms with Crippen molar-refractivity contribution in [1.82, 2.24) is 10.1 Å². The number of nitrogens with zero attached hydrogens (tertiary/aromatic N) is 2. The molecule has 0 aliphatic rings. The van der Waals surface area contributed by atoms with Crippen molar-refractivity contribution in [3.63, 3.8) is 0 Å². The van der Waals surface area contributed by atoms with Crippen molar-refractivity contribution >= 4 is 17.4 Å². The Morgan fingerprint density at radius 3 is 2.26 bits per heavy atom. The lowest BCUT2D eigenvalue weighted by Gasteiger charge is -2.24. The van der Waals surface area contributed by atoms with Crippen molar-refractivity contribution < 1.29 is 18.8 Å². The first kappa shape index (κ1) is 26.8. The molecule has 4 aromatic rings. The van der Waals surface area contributed by atoms with Crippen LogP contribution in [0.5, 0.6) is 0 Å². The third kappa shape index (κ3) is 6.94. The number of anilines is 1. The lowest BCUT2D eigenvalue weighted by atomic mass is 9.94. The summed E-state index contributed by atoms with van der Waals surface area (Å²) in [6.45, 7) is 6.46. The van der Waals surface area contributed by atoms with Crippen LogP contribution in [0.2, 0.25) is 0 Å². The standard InChI is InChI=1S/C31H33N3O4/c1-4-37-28(36)12-8-11-27(35)22-17-19-26(20-18-22)32-29(21(2)3)23-13-15-24(16-14-23)30-33-31(38-34-30)25-9-6-5-7-10-25/h5-7,9-10,13-21,29,32H,4,8,11-12H2,1-3H3/t29-/m0/s1. The van der Waals surface area contributed by atoms with Gasteiger partial charge in [-0.05, 0) is 61.2 Å². The highest BCUT2D eigenvalue weighted by Gasteiger charge is 2.17. The number of carbonyl (C=O) groups is 2. The Bertz CT molecular complexity index is 1330. The number of ether oxygens (including phenoxy) is 1. The van der Waals surface area contributed by atoms with E-state index in [1.54, 1.807) is 6.92 Å². The van der Waals surface area contributed by atoms with Gasteiger partial charge in [0.15, 0.2) is 5.78 Å². The fourth-order valence-corrected chi connectivity index (χ4v) is 4.22. The fourth-order valence-electron chi connectivity index (χ4n) is 4.22. The summed E-state index contributed by atoms with van der Waals surface area (Å²) in [6.07, 6.45) is 1.06. The molecule has 0 aliphatic heterocycles. The number of nitrogens with one attached hydrogen (secondary N) is 1. The molecule has 1 aromatic heterocycles. The molecule has 0 bridgehead atoms. The summed E-state index contributed by atoms with van der Waals surface area (Å²) >= 11 is 0. The van der Waals surface area contributed by atoms with E-state index in [4.69, 9.17) is 9.26 Å². The molecule has 0 unspecified atom stereocenters. The van der Waals surface area contributed by atoms with Gasteiger partial charge < -0.3 is 14.6 Å². The number of aromatic nitrogens is 2. The minimum atomic E-state index is -0.262. The average Bonchev–Trinajstić information content (AvgIpc) is 3.43. The predicted molar refractivity (Wildman–Crippen MR) is 148 cm³/mol. The molecule has 1 N–H and O–H groups in total. The maximum Gasteiger partial charge on any atom is 0.305 e. The zero-order valence-corrected chi connectivity index (χ0v) is 22.0. The van der Waals surface area contributed by atoms with E-state index in [1.165, 1.54) is 0 Å². The molecule has 4 rings (SSSR count). The van der Waals surface area contributed by atoms with Crippen molar-refractivity contribution in [1.29, 1.82) is 0 Å². The van der Waals surface area contributed by atoms with E-state index in [2.05, 4.69) is 41.4 Å². The van der Waals surface area contributed by atoms with Gasteiger partial charge in [0, 0.05) is 35.2 Å². The van der Waals surface area contributed by atoms with Gasteiger partial charge in [0.2, 0.25) is 5.82 Å². The number of hydrogen-bond acceptors (Lipinski definition) is 7. The van der Waals surface area contributed by atoms with Crippen molar-refractivity contribution in [3.8, 4) is 22.8 Å². The molecule has 38 heavy (non-hydrogen) atoms. The molecule has 0 fully saturated rings. The fraction of sp³-hybridized carbons (Fsp3) is 0.290. The SMILES string of the molecule is CCOC(=O)CCCC(=O)c1ccc(N[C@H](c2ccc(-c3noc(-c4ccccc4)n3)cc2)C(C)C)cc1. The molecule has 0 saturated carbocycles. The highest BCUT2D eigenvalue weighted by atomic mass is 16.5. The Morgan fingerprint density at radius 1 is 0.895 bits per heavy atom. The van der Waals surface area contributed by atoms with E-state index in [0.29, 0.717) is 42.6 Å². The highest BCUT2D eigenvalue weighted by molar-refractivity contribution is 5.96. The van der Waals surface area contributed by atoms with Crippen LogP contribution in [-0.4, -0.2) is 28.5 Å². The molecule has 7 heteroatoms. The smallest absolute Gasteiger partial charge is 0.305 e. The van der Waals surface area contributed by atoms with Gasteiger partial charge in [-0.2, -0.15) is 4.98 Å². The third-order valence-corrected chi connectivity index (χ3v) is 6.26. The second-order valence-corrected chi connectivity index (χ2v) is 9.44. The summed E-state index contributed by atoms with van der Waals surface area (Å²) in [6, 6.07) is 25.4. The average molecular weight is 512 g/mol. The van der Waals surface area contributed by atoms with E-state index in [1.807, 2.05) is 66.7 Å². The van der Waals surface area contributed by atoms with Crippen molar-refractivity contribution in [2.24, 2.45) is 5.92 Å². The van der Waals surface area contributed by atoms with Crippen LogP contribution in [0, 0.1) is 5.92 Å². The molecule has 0 saturated heterocycles. The Labute approximate surface area is 223 Å². The van der Waals surface area contributed by atoms with Gasteiger partial charge in [0.1, 0.15) is 0 Å². The van der Waals surface area contributed by atoms with E-state index in [9.17, 15) is 9.59 Å². The van der Waals surface area contributed by atoms with Gasteiger partial charge in [0.25, 0.3) is 5.89 Å². The Hall–Kier alpha value is -4.26. The number of hydrogen-bond donors (Lipinski definition) is 1.